The van der Waals surface area contributed by atoms with Crippen molar-refractivity contribution in [3.63, 3.8) is 0 Å². The number of sulfone groups is 1. The largest absolute Gasteiger partial charge is 0.346 e. The summed E-state index contributed by atoms with van der Waals surface area (Å²) in [5, 5.41) is 2.80. The smallest absolute Gasteiger partial charge is 0.280 e. The van der Waals surface area contributed by atoms with Crippen molar-refractivity contribution in [1.82, 2.24) is 10.3 Å². The van der Waals surface area contributed by atoms with Crippen molar-refractivity contribution in [2.24, 2.45) is 0 Å². The number of rotatable bonds is 6. The summed E-state index contributed by atoms with van der Waals surface area (Å²) in [7, 11) is -3.58. The fourth-order valence-electron chi connectivity index (χ4n) is 3.29. The number of aromatic nitrogens is 1. The van der Waals surface area contributed by atoms with Crippen LogP contribution in [0.3, 0.4) is 0 Å². The lowest BCUT2D eigenvalue weighted by Crippen LogP contribution is -2.22. The zero-order valence-corrected chi connectivity index (χ0v) is 19.0. The second kappa shape index (κ2) is 9.21. The van der Waals surface area contributed by atoms with Crippen LogP contribution in [-0.4, -0.2) is 25.6 Å². The maximum atomic E-state index is 13.5. The number of nitrogens with zero attached hydrogens (tertiary/aromatic N) is 1. The first-order chi connectivity index (χ1) is 15.7. The molecule has 4 aromatic rings. The molecule has 0 saturated heterocycles. The summed E-state index contributed by atoms with van der Waals surface area (Å²) in [6, 6.07) is 17.9. The Balaban J connectivity index is 1.77. The third-order valence-electron chi connectivity index (χ3n) is 4.81. The van der Waals surface area contributed by atoms with Gasteiger partial charge in [0.15, 0.2) is 14.8 Å². The Morgan fingerprint density at radius 2 is 1.70 bits per heavy atom. The molecule has 0 radical (unpaired) electrons. The predicted octanol–water partition coefficient (Wildman–Crippen LogP) is 5.09. The van der Waals surface area contributed by atoms with E-state index in [0.717, 1.165) is 17.6 Å². The second-order valence-electron chi connectivity index (χ2n) is 7.28. The Kier molecular flexibility index (Phi) is 6.35. The minimum Gasteiger partial charge on any atom is -0.346 e. The number of halogens is 2. The molecule has 0 aliphatic rings. The lowest BCUT2D eigenvalue weighted by Gasteiger charge is -2.08. The van der Waals surface area contributed by atoms with E-state index >= 15 is 0 Å². The predicted molar refractivity (Wildman–Crippen MR) is 124 cm³/mol. The third-order valence-corrected chi connectivity index (χ3v) is 7.07. The molecule has 1 heterocycles. The Morgan fingerprint density at radius 3 is 2.39 bits per heavy atom. The lowest BCUT2D eigenvalue weighted by atomic mass is 10.1. The van der Waals surface area contributed by atoms with Gasteiger partial charge in [-0.25, -0.2) is 22.2 Å². The van der Waals surface area contributed by atoms with Crippen LogP contribution in [0.2, 0.25) is 0 Å². The van der Waals surface area contributed by atoms with Gasteiger partial charge in [-0.2, -0.15) is 0 Å². The van der Waals surface area contributed by atoms with Crippen LogP contribution in [0.4, 0.5) is 8.78 Å². The van der Waals surface area contributed by atoms with Gasteiger partial charge in [0, 0.05) is 18.4 Å². The molecule has 5 nitrogen and oxygen atoms in total. The molecule has 168 valence electrons. The van der Waals surface area contributed by atoms with Gasteiger partial charge in [0.25, 0.3) is 5.91 Å². The zero-order valence-electron chi connectivity index (χ0n) is 17.4. The van der Waals surface area contributed by atoms with Crippen molar-refractivity contribution < 1.29 is 22.0 Å². The van der Waals surface area contributed by atoms with E-state index in [4.69, 9.17) is 0 Å². The van der Waals surface area contributed by atoms with E-state index in [0.29, 0.717) is 27.3 Å². The molecule has 0 fully saturated rings. The first-order valence-corrected chi connectivity index (χ1v) is 12.5. The van der Waals surface area contributed by atoms with Crippen LogP contribution in [0.5, 0.6) is 0 Å². The average Bonchev–Trinajstić information content (AvgIpc) is 3.23. The topological polar surface area (TPSA) is 76.1 Å². The fourth-order valence-corrected chi connectivity index (χ4v) is 5.18. The summed E-state index contributed by atoms with van der Waals surface area (Å²) in [5.41, 5.74) is 1.83. The highest BCUT2D eigenvalue weighted by Crippen LogP contribution is 2.39. The summed E-state index contributed by atoms with van der Waals surface area (Å²) in [5.74, 6) is -1.32. The molecule has 4 rings (SSSR count). The minimum atomic E-state index is -3.58. The van der Waals surface area contributed by atoms with Crippen LogP contribution in [0.1, 0.15) is 15.4 Å². The van der Waals surface area contributed by atoms with Crippen molar-refractivity contribution >= 4 is 27.1 Å². The summed E-state index contributed by atoms with van der Waals surface area (Å²) in [4.78, 5) is 17.9. The van der Waals surface area contributed by atoms with Gasteiger partial charge < -0.3 is 5.32 Å². The van der Waals surface area contributed by atoms with Crippen LogP contribution in [0.15, 0.2) is 77.7 Å². The molecule has 1 aromatic heterocycles. The molecule has 0 atom stereocenters. The number of carbonyl (C=O) groups is 1. The summed E-state index contributed by atoms with van der Waals surface area (Å²) < 4.78 is 51.6. The highest BCUT2D eigenvalue weighted by molar-refractivity contribution is 7.90. The van der Waals surface area contributed by atoms with E-state index in [1.165, 1.54) is 30.3 Å². The third kappa shape index (κ3) is 5.15. The summed E-state index contributed by atoms with van der Waals surface area (Å²) in [6.07, 6.45) is 1.10. The maximum Gasteiger partial charge on any atom is 0.280 e. The van der Waals surface area contributed by atoms with Crippen LogP contribution in [0, 0.1) is 11.6 Å². The van der Waals surface area contributed by atoms with Gasteiger partial charge in [0.05, 0.1) is 15.5 Å². The summed E-state index contributed by atoms with van der Waals surface area (Å²) >= 11 is 1.06. The molecule has 0 saturated carbocycles. The molecule has 3 aromatic carbocycles. The minimum absolute atomic E-state index is 0.0744. The number of hydrogen-bond acceptors (Lipinski definition) is 5. The van der Waals surface area contributed by atoms with E-state index in [9.17, 15) is 22.0 Å². The molecule has 0 bridgehead atoms. The van der Waals surface area contributed by atoms with Gasteiger partial charge in [-0.05, 0) is 41.5 Å². The van der Waals surface area contributed by atoms with E-state index < -0.39 is 27.4 Å². The van der Waals surface area contributed by atoms with Crippen molar-refractivity contribution in [3.05, 3.63) is 95.0 Å². The molecular formula is C24H18F2N2O3S2. The molecule has 1 N–H and O–H groups in total. The quantitative estimate of drug-likeness (QED) is 0.414. The fraction of sp³-hybridized carbons (Fsp3) is 0.0833. The first kappa shape index (κ1) is 22.8. The van der Waals surface area contributed by atoms with E-state index in [1.54, 1.807) is 42.5 Å². The number of benzene rings is 3. The normalized spacial score (nSPS) is 11.4. The zero-order chi connectivity index (χ0) is 23.6. The molecule has 0 aliphatic carbocycles. The van der Waals surface area contributed by atoms with Gasteiger partial charge in [-0.1, -0.05) is 42.5 Å². The van der Waals surface area contributed by atoms with E-state index in [-0.39, 0.29) is 16.4 Å². The Morgan fingerprint density at radius 1 is 0.970 bits per heavy atom. The number of nitrogens with one attached hydrogen (secondary N) is 1. The molecule has 0 aliphatic heterocycles. The molecule has 0 unspecified atom stereocenters. The highest BCUT2D eigenvalue weighted by atomic mass is 32.2. The molecule has 0 spiro atoms. The maximum absolute atomic E-state index is 13.5. The van der Waals surface area contributed by atoms with Crippen LogP contribution in [0.25, 0.3) is 21.7 Å². The van der Waals surface area contributed by atoms with Crippen molar-refractivity contribution in [3.8, 4) is 21.7 Å². The molecule has 9 heteroatoms. The Bertz CT molecular complexity index is 1430. The molecular weight excluding hydrogens is 466 g/mol. The average molecular weight is 485 g/mol. The van der Waals surface area contributed by atoms with Gasteiger partial charge in [-0.3, -0.25) is 4.79 Å². The first-order valence-electron chi connectivity index (χ1n) is 9.81. The number of hydrogen-bond donors (Lipinski definition) is 1. The molecule has 33 heavy (non-hydrogen) atoms. The number of thiazole rings is 1. The number of carbonyl (C=O) groups excluding carboxylic acids is 1. The Labute approximate surface area is 193 Å². The van der Waals surface area contributed by atoms with E-state index in [1.807, 2.05) is 0 Å². The van der Waals surface area contributed by atoms with Crippen molar-refractivity contribution in [2.45, 2.75) is 11.4 Å². The summed E-state index contributed by atoms with van der Waals surface area (Å²) in [6.45, 7) is 0.0946. The van der Waals surface area contributed by atoms with Gasteiger partial charge in [0.1, 0.15) is 11.6 Å². The van der Waals surface area contributed by atoms with E-state index in [2.05, 4.69) is 10.3 Å². The second-order valence-corrected chi connectivity index (χ2v) is 10.3. The van der Waals surface area contributed by atoms with Crippen molar-refractivity contribution in [2.75, 3.05) is 6.26 Å². The standard InChI is InChI=1S/C24H18F2N2O3S2/c1-33(30,31)20-8-3-2-7-19(20)21-22(16-9-11-17(25)12-10-16)32-24(28-21)23(29)27-14-15-5-4-6-18(26)13-15/h2-13H,14H2,1H3,(H,27,29). The lowest BCUT2D eigenvalue weighted by molar-refractivity contribution is 0.0950. The Hall–Kier alpha value is -3.43. The van der Waals surface area contributed by atoms with Crippen LogP contribution in [-0.2, 0) is 16.4 Å². The van der Waals surface area contributed by atoms with Gasteiger partial charge in [-0.15, -0.1) is 11.3 Å². The van der Waals surface area contributed by atoms with Crippen LogP contribution < -0.4 is 5.32 Å². The van der Waals surface area contributed by atoms with Crippen LogP contribution >= 0.6 is 11.3 Å². The monoisotopic (exact) mass is 484 g/mol. The van der Waals surface area contributed by atoms with Crippen molar-refractivity contribution in [1.29, 1.82) is 0 Å². The van der Waals surface area contributed by atoms with Gasteiger partial charge in [0.2, 0.25) is 0 Å². The molecule has 1 amide bonds. The number of amides is 1. The highest BCUT2D eigenvalue weighted by Gasteiger charge is 2.23. The SMILES string of the molecule is CS(=O)(=O)c1ccccc1-c1nc(C(=O)NCc2cccc(F)c2)sc1-c1ccc(F)cc1. The van der Waals surface area contributed by atoms with Gasteiger partial charge >= 0.3 is 0 Å².